The first-order chi connectivity index (χ1) is 7.00. The van der Waals surface area contributed by atoms with Gasteiger partial charge in [-0.2, -0.15) is 0 Å². The fourth-order valence-electron chi connectivity index (χ4n) is 1.92. The maximum Gasteiger partial charge on any atom is 0.322 e. The van der Waals surface area contributed by atoms with Gasteiger partial charge in [-0.25, -0.2) is 0 Å². The Labute approximate surface area is 95.8 Å². The Morgan fingerprint density at radius 3 is 2.60 bits per heavy atom. The van der Waals surface area contributed by atoms with Gasteiger partial charge in [0.1, 0.15) is 5.38 Å². The maximum atomic E-state index is 10.6. The fourth-order valence-corrected chi connectivity index (χ4v) is 2.13. The molecule has 1 aliphatic heterocycles. The number of carboxylic acid groups (broad SMARTS) is 1. The number of alkyl halides is 1. The number of halogens is 1. The summed E-state index contributed by atoms with van der Waals surface area (Å²) in [6.45, 7) is 2.58. The van der Waals surface area contributed by atoms with Crippen LogP contribution in [0.3, 0.4) is 0 Å². The van der Waals surface area contributed by atoms with Crippen molar-refractivity contribution in [2.45, 2.75) is 24.3 Å². The third-order valence-electron chi connectivity index (χ3n) is 3.03. The second kappa shape index (κ2) is 5.68. The summed E-state index contributed by atoms with van der Waals surface area (Å²) in [5.74, 6) is -0.934. The van der Waals surface area contributed by atoms with E-state index in [4.69, 9.17) is 16.7 Å². The molecule has 5 heteroatoms. The molecule has 15 heavy (non-hydrogen) atoms. The van der Waals surface area contributed by atoms with Crippen molar-refractivity contribution in [3.05, 3.63) is 0 Å². The molecule has 0 aromatic rings. The van der Waals surface area contributed by atoms with Gasteiger partial charge in [-0.15, -0.1) is 11.6 Å². The molecule has 1 atom stereocenters. The van der Waals surface area contributed by atoms with Gasteiger partial charge in [0.05, 0.1) is 0 Å². The van der Waals surface area contributed by atoms with Gasteiger partial charge in [-0.3, -0.25) is 4.79 Å². The lowest BCUT2D eigenvalue weighted by Gasteiger charge is -2.35. The number of rotatable bonds is 4. The maximum absolute atomic E-state index is 10.6. The summed E-state index contributed by atoms with van der Waals surface area (Å²) in [6.07, 6.45) is 2.19. The normalized spacial score (nSPS) is 21.9. The van der Waals surface area contributed by atoms with Crippen LogP contribution < -0.4 is 0 Å². The zero-order valence-corrected chi connectivity index (χ0v) is 10.1. The van der Waals surface area contributed by atoms with Crippen molar-refractivity contribution in [1.82, 2.24) is 9.80 Å². The SMILES string of the molecule is CN1CCC(N(C)CC(Cl)C(=O)O)CC1. The Hall–Kier alpha value is -0.320. The average molecular weight is 235 g/mol. The van der Waals surface area contributed by atoms with Crippen molar-refractivity contribution in [3.8, 4) is 0 Å². The molecule has 0 aromatic carbocycles. The predicted molar refractivity (Wildman–Crippen MR) is 60.4 cm³/mol. The summed E-state index contributed by atoms with van der Waals surface area (Å²) in [5.41, 5.74) is 0. The quantitative estimate of drug-likeness (QED) is 0.728. The predicted octanol–water partition coefficient (Wildman–Crippen LogP) is 0.704. The molecule has 0 aromatic heterocycles. The van der Waals surface area contributed by atoms with Crippen LogP contribution in [0, 0.1) is 0 Å². The molecule has 4 nitrogen and oxygen atoms in total. The summed E-state index contributed by atoms with van der Waals surface area (Å²) in [4.78, 5) is 15.0. The third kappa shape index (κ3) is 3.97. The van der Waals surface area contributed by atoms with Crippen LogP contribution in [-0.4, -0.2) is 66.0 Å². The van der Waals surface area contributed by atoms with Crippen LogP contribution in [0.25, 0.3) is 0 Å². The monoisotopic (exact) mass is 234 g/mol. The number of aliphatic carboxylic acids is 1. The largest absolute Gasteiger partial charge is 0.480 e. The zero-order chi connectivity index (χ0) is 11.4. The van der Waals surface area contributed by atoms with Gasteiger partial charge in [0, 0.05) is 12.6 Å². The van der Waals surface area contributed by atoms with E-state index in [1.165, 1.54) is 0 Å². The molecule has 1 rings (SSSR count). The number of carbonyl (C=O) groups is 1. The van der Waals surface area contributed by atoms with Gasteiger partial charge < -0.3 is 14.9 Å². The van der Waals surface area contributed by atoms with Crippen LogP contribution in [0.5, 0.6) is 0 Å². The topological polar surface area (TPSA) is 43.8 Å². The molecule has 0 amide bonds. The van der Waals surface area contributed by atoms with E-state index >= 15 is 0 Å². The smallest absolute Gasteiger partial charge is 0.322 e. The van der Waals surface area contributed by atoms with Crippen molar-refractivity contribution in [3.63, 3.8) is 0 Å². The minimum atomic E-state index is -0.934. The van der Waals surface area contributed by atoms with Gasteiger partial charge in [-0.1, -0.05) is 0 Å². The van der Waals surface area contributed by atoms with E-state index in [9.17, 15) is 4.79 Å². The lowest BCUT2D eigenvalue weighted by atomic mass is 10.0. The second-order valence-corrected chi connectivity index (χ2v) is 4.81. The lowest BCUT2D eigenvalue weighted by molar-refractivity contribution is -0.137. The molecule has 1 unspecified atom stereocenters. The average Bonchev–Trinajstić information content (AvgIpc) is 2.18. The second-order valence-electron chi connectivity index (χ2n) is 4.28. The fraction of sp³-hybridized carbons (Fsp3) is 0.900. The molecular formula is C10H19ClN2O2. The van der Waals surface area contributed by atoms with Crippen molar-refractivity contribution in [1.29, 1.82) is 0 Å². The van der Waals surface area contributed by atoms with Crippen molar-refractivity contribution >= 4 is 17.6 Å². The van der Waals surface area contributed by atoms with Crippen LogP contribution in [0.15, 0.2) is 0 Å². The van der Waals surface area contributed by atoms with E-state index < -0.39 is 11.3 Å². The standard InChI is InChI=1S/C10H19ClN2O2/c1-12-5-3-8(4-6-12)13(2)7-9(11)10(14)15/h8-9H,3-7H2,1-2H3,(H,14,15). The van der Waals surface area contributed by atoms with Crippen LogP contribution in [0.4, 0.5) is 0 Å². The first-order valence-electron chi connectivity index (χ1n) is 5.26. The summed E-state index contributed by atoms with van der Waals surface area (Å²) < 4.78 is 0. The third-order valence-corrected chi connectivity index (χ3v) is 3.35. The molecule has 0 spiro atoms. The summed E-state index contributed by atoms with van der Waals surface area (Å²) in [7, 11) is 4.06. The molecule has 0 aliphatic carbocycles. The Balaban J connectivity index is 2.33. The number of piperidine rings is 1. The molecule has 0 saturated carbocycles. The minimum Gasteiger partial charge on any atom is -0.480 e. The van der Waals surface area contributed by atoms with E-state index in [-0.39, 0.29) is 0 Å². The molecule has 1 heterocycles. The lowest BCUT2D eigenvalue weighted by Crippen LogP contribution is -2.44. The van der Waals surface area contributed by atoms with E-state index in [2.05, 4.69) is 16.8 Å². The van der Waals surface area contributed by atoms with Crippen molar-refractivity contribution in [2.75, 3.05) is 33.7 Å². The Kier molecular flexibility index (Phi) is 4.83. The highest BCUT2D eigenvalue weighted by Gasteiger charge is 2.24. The Morgan fingerprint density at radius 1 is 1.60 bits per heavy atom. The van der Waals surface area contributed by atoms with Gasteiger partial charge in [0.2, 0.25) is 0 Å². The molecule has 88 valence electrons. The van der Waals surface area contributed by atoms with E-state index in [0.29, 0.717) is 12.6 Å². The van der Waals surface area contributed by atoms with Crippen LogP contribution in [0.2, 0.25) is 0 Å². The van der Waals surface area contributed by atoms with Gasteiger partial charge in [0.15, 0.2) is 0 Å². The molecule has 0 radical (unpaired) electrons. The molecule has 1 N–H and O–H groups in total. The molecule has 1 saturated heterocycles. The van der Waals surface area contributed by atoms with E-state index in [0.717, 1.165) is 25.9 Å². The summed E-state index contributed by atoms with van der Waals surface area (Å²) in [5, 5.41) is 7.91. The van der Waals surface area contributed by atoms with Crippen molar-refractivity contribution in [2.24, 2.45) is 0 Å². The Morgan fingerprint density at radius 2 is 2.13 bits per heavy atom. The summed E-state index contributed by atoms with van der Waals surface area (Å²) >= 11 is 5.71. The van der Waals surface area contributed by atoms with E-state index in [1.807, 2.05) is 7.05 Å². The first kappa shape index (κ1) is 12.7. The minimum absolute atomic E-state index is 0.422. The van der Waals surface area contributed by atoms with Crippen LogP contribution in [-0.2, 0) is 4.79 Å². The Bertz CT molecular complexity index is 217. The number of likely N-dealkylation sites (tertiary alicyclic amines) is 1. The van der Waals surface area contributed by atoms with Gasteiger partial charge in [-0.05, 0) is 40.0 Å². The highest BCUT2D eigenvalue weighted by atomic mass is 35.5. The van der Waals surface area contributed by atoms with Crippen LogP contribution >= 0.6 is 11.6 Å². The zero-order valence-electron chi connectivity index (χ0n) is 9.32. The molecule has 1 aliphatic rings. The molecular weight excluding hydrogens is 216 g/mol. The van der Waals surface area contributed by atoms with Crippen molar-refractivity contribution < 1.29 is 9.90 Å². The number of hydrogen-bond donors (Lipinski definition) is 1. The first-order valence-corrected chi connectivity index (χ1v) is 5.70. The van der Waals surface area contributed by atoms with Gasteiger partial charge >= 0.3 is 5.97 Å². The highest BCUT2D eigenvalue weighted by molar-refractivity contribution is 6.29. The van der Waals surface area contributed by atoms with Crippen LogP contribution in [0.1, 0.15) is 12.8 Å². The number of nitrogens with zero attached hydrogens (tertiary/aromatic N) is 2. The number of hydrogen-bond acceptors (Lipinski definition) is 3. The highest BCUT2D eigenvalue weighted by Crippen LogP contribution is 2.15. The molecule has 1 fully saturated rings. The number of carboxylic acids is 1. The van der Waals surface area contributed by atoms with E-state index in [1.54, 1.807) is 0 Å². The summed E-state index contributed by atoms with van der Waals surface area (Å²) in [6, 6.07) is 0.474. The molecule has 0 bridgehead atoms. The van der Waals surface area contributed by atoms with Gasteiger partial charge in [0.25, 0.3) is 0 Å².